The molecule has 0 aliphatic rings. The van der Waals surface area contributed by atoms with Gasteiger partial charge in [-0.3, -0.25) is 19.7 Å². The lowest BCUT2D eigenvalue weighted by atomic mass is 10.0. The van der Waals surface area contributed by atoms with Crippen molar-refractivity contribution in [2.45, 2.75) is 19.9 Å². The maximum absolute atomic E-state index is 12.3. The van der Waals surface area contributed by atoms with Crippen molar-refractivity contribution in [2.75, 3.05) is 11.9 Å². The molecule has 154 valence electrons. The molecule has 2 N–H and O–H groups in total. The minimum absolute atomic E-state index is 0.0226. The first-order chi connectivity index (χ1) is 13.7. The molecule has 0 aliphatic heterocycles. The summed E-state index contributed by atoms with van der Waals surface area (Å²) < 4.78 is 9.92. The van der Waals surface area contributed by atoms with Crippen LogP contribution in [-0.4, -0.2) is 35.4 Å². The molecule has 2 aromatic rings. The minimum atomic E-state index is -1.03. The number of nitro benzene ring substituents is 1. The van der Waals surface area contributed by atoms with E-state index in [9.17, 15) is 24.5 Å². The van der Waals surface area contributed by atoms with E-state index in [1.807, 2.05) is 0 Å². The van der Waals surface area contributed by atoms with Gasteiger partial charge in [-0.2, -0.15) is 0 Å². The molecule has 10 nitrogen and oxygen atoms in total. The summed E-state index contributed by atoms with van der Waals surface area (Å²) >= 11 is 5.79. The van der Waals surface area contributed by atoms with Gasteiger partial charge in [-0.15, -0.1) is 0 Å². The Bertz CT molecular complexity index is 912. The van der Waals surface area contributed by atoms with Crippen molar-refractivity contribution < 1.29 is 28.5 Å². The molecule has 0 saturated carbocycles. The van der Waals surface area contributed by atoms with Crippen LogP contribution in [0.5, 0.6) is 0 Å². The third kappa shape index (κ3) is 6.04. The number of carbonyl (C=O) groups excluding carboxylic acids is 3. The van der Waals surface area contributed by atoms with Crippen LogP contribution >= 0.6 is 11.6 Å². The van der Waals surface area contributed by atoms with E-state index in [0.717, 1.165) is 6.07 Å². The number of amides is 2. The monoisotopic (exact) mass is 423 g/mol. The van der Waals surface area contributed by atoms with Crippen molar-refractivity contribution in [2.24, 2.45) is 5.92 Å². The second-order valence-electron chi connectivity index (χ2n) is 6.25. The van der Waals surface area contributed by atoms with Gasteiger partial charge in [0.2, 0.25) is 0 Å². The second kappa shape index (κ2) is 9.69. The van der Waals surface area contributed by atoms with Crippen LogP contribution in [0.4, 0.5) is 11.4 Å². The summed E-state index contributed by atoms with van der Waals surface area (Å²) in [6.45, 7) is 2.66. The van der Waals surface area contributed by atoms with E-state index >= 15 is 0 Å². The molecule has 0 spiro atoms. The first-order valence-electron chi connectivity index (χ1n) is 8.44. The van der Waals surface area contributed by atoms with E-state index < -0.39 is 35.4 Å². The Labute approximate surface area is 170 Å². The van der Waals surface area contributed by atoms with E-state index in [1.165, 1.54) is 30.5 Å². The molecule has 2 amide bonds. The second-order valence-corrected chi connectivity index (χ2v) is 6.68. The number of halogens is 1. The number of anilines is 1. The molecule has 2 rings (SSSR count). The fourth-order valence-corrected chi connectivity index (χ4v) is 2.47. The maximum Gasteiger partial charge on any atom is 0.329 e. The van der Waals surface area contributed by atoms with Gasteiger partial charge in [0.15, 0.2) is 12.4 Å². The zero-order valence-electron chi connectivity index (χ0n) is 15.5. The zero-order chi connectivity index (χ0) is 21.6. The van der Waals surface area contributed by atoms with Gasteiger partial charge in [-0.25, -0.2) is 4.79 Å². The Morgan fingerprint density at radius 1 is 1.28 bits per heavy atom. The lowest BCUT2D eigenvalue weighted by Crippen LogP contribution is -2.45. The Kier molecular flexibility index (Phi) is 7.32. The summed E-state index contributed by atoms with van der Waals surface area (Å²) in [6.07, 6.45) is 1.32. The molecule has 0 saturated heterocycles. The first-order valence-corrected chi connectivity index (χ1v) is 8.81. The summed E-state index contributed by atoms with van der Waals surface area (Å²) in [6, 6.07) is 5.59. The fourth-order valence-electron chi connectivity index (χ4n) is 2.30. The third-order valence-electron chi connectivity index (χ3n) is 3.73. The number of hydrogen-bond acceptors (Lipinski definition) is 7. The molecule has 1 aromatic heterocycles. The lowest BCUT2D eigenvalue weighted by molar-refractivity contribution is -0.383. The predicted octanol–water partition coefficient (Wildman–Crippen LogP) is 2.78. The van der Waals surface area contributed by atoms with Crippen LogP contribution in [0.3, 0.4) is 0 Å². The summed E-state index contributed by atoms with van der Waals surface area (Å²) in [5.74, 6) is -2.56. The highest BCUT2D eigenvalue weighted by atomic mass is 35.5. The Morgan fingerprint density at radius 2 is 2.00 bits per heavy atom. The van der Waals surface area contributed by atoms with E-state index in [1.54, 1.807) is 13.8 Å². The van der Waals surface area contributed by atoms with Crippen molar-refractivity contribution in [3.05, 3.63) is 57.5 Å². The fraction of sp³-hybridized carbons (Fsp3) is 0.278. The number of nitrogens with zero attached hydrogens (tertiary/aromatic N) is 1. The molecule has 0 aliphatic carbocycles. The van der Waals surface area contributed by atoms with Crippen molar-refractivity contribution in [3.8, 4) is 0 Å². The van der Waals surface area contributed by atoms with Crippen molar-refractivity contribution in [1.82, 2.24) is 5.32 Å². The van der Waals surface area contributed by atoms with E-state index in [4.69, 9.17) is 20.8 Å². The van der Waals surface area contributed by atoms with Crippen LogP contribution in [0.2, 0.25) is 5.02 Å². The average molecular weight is 424 g/mol. The zero-order valence-corrected chi connectivity index (χ0v) is 16.3. The largest absolute Gasteiger partial charge is 0.459 e. The molecule has 1 heterocycles. The average Bonchev–Trinajstić information content (AvgIpc) is 3.18. The maximum atomic E-state index is 12.3. The standard InChI is InChI=1S/C18H18ClN3O7/c1-10(2)16(21-17(24)14-4-3-7-28-14)18(25)29-9-15(23)20-12-8-11(19)5-6-13(12)22(26)27/h3-8,10,16H,9H2,1-2H3,(H,20,23)(H,21,24)/t16-/m1/s1. The van der Waals surface area contributed by atoms with Gasteiger partial charge in [-0.05, 0) is 30.2 Å². The van der Waals surface area contributed by atoms with Crippen molar-refractivity contribution in [3.63, 3.8) is 0 Å². The van der Waals surface area contributed by atoms with Crippen molar-refractivity contribution >= 4 is 40.8 Å². The van der Waals surface area contributed by atoms with E-state index in [2.05, 4.69) is 10.6 Å². The number of ether oxygens (including phenoxy) is 1. The Hall–Kier alpha value is -3.40. The van der Waals surface area contributed by atoms with Crippen LogP contribution in [0.15, 0.2) is 41.0 Å². The molecule has 11 heteroatoms. The summed E-state index contributed by atoms with van der Waals surface area (Å²) in [5.41, 5.74) is -0.491. The highest BCUT2D eigenvalue weighted by Gasteiger charge is 2.28. The van der Waals surface area contributed by atoms with Crippen LogP contribution in [0.1, 0.15) is 24.4 Å². The van der Waals surface area contributed by atoms with Crippen LogP contribution in [0.25, 0.3) is 0 Å². The topological polar surface area (TPSA) is 141 Å². The summed E-state index contributed by atoms with van der Waals surface area (Å²) in [5, 5.41) is 16.0. The molecule has 0 radical (unpaired) electrons. The minimum Gasteiger partial charge on any atom is -0.459 e. The number of hydrogen-bond donors (Lipinski definition) is 2. The Morgan fingerprint density at radius 3 is 2.59 bits per heavy atom. The number of benzene rings is 1. The van der Waals surface area contributed by atoms with Gasteiger partial charge < -0.3 is 19.8 Å². The van der Waals surface area contributed by atoms with Crippen molar-refractivity contribution in [1.29, 1.82) is 0 Å². The van der Waals surface area contributed by atoms with Gasteiger partial charge in [0.05, 0.1) is 11.2 Å². The van der Waals surface area contributed by atoms with E-state index in [0.29, 0.717) is 0 Å². The van der Waals surface area contributed by atoms with Gasteiger partial charge in [0.1, 0.15) is 11.7 Å². The molecule has 0 bridgehead atoms. The SMILES string of the molecule is CC(C)[C@@H](NC(=O)c1ccco1)C(=O)OCC(=O)Nc1cc(Cl)ccc1[N+](=O)[O-]. The summed E-state index contributed by atoms with van der Waals surface area (Å²) in [7, 11) is 0. The highest BCUT2D eigenvalue weighted by Crippen LogP contribution is 2.27. The smallest absolute Gasteiger partial charge is 0.329 e. The number of nitrogens with one attached hydrogen (secondary N) is 2. The predicted molar refractivity (Wildman–Crippen MR) is 102 cm³/mol. The van der Waals surface area contributed by atoms with E-state index in [-0.39, 0.29) is 28.1 Å². The Balaban J connectivity index is 1.97. The molecule has 0 unspecified atom stereocenters. The lowest BCUT2D eigenvalue weighted by Gasteiger charge is -2.20. The molecular formula is C18H18ClN3O7. The highest BCUT2D eigenvalue weighted by molar-refractivity contribution is 6.31. The molecule has 29 heavy (non-hydrogen) atoms. The van der Waals surface area contributed by atoms with Crippen LogP contribution < -0.4 is 10.6 Å². The number of esters is 1. The van der Waals surface area contributed by atoms with Crippen LogP contribution in [-0.2, 0) is 14.3 Å². The quantitative estimate of drug-likeness (QED) is 0.377. The van der Waals surface area contributed by atoms with Gasteiger partial charge in [0, 0.05) is 11.1 Å². The molecule has 1 atom stereocenters. The molecule has 0 fully saturated rings. The van der Waals surface area contributed by atoms with Gasteiger partial charge >= 0.3 is 5.97 Å². The first kappa shape index (κ1) is 21.9. The number of furan rings is 1. The van der Waals surface area contributed by atoms with Crippen LogP contribution in [0, 0.1) is 16.0 Å². The summed E-state index contributed by atoms with van der Waals surface area (Å²) in [4.78, 5) is 46.8. The number of rotatable bonds is 8. The molecular weight excluding hydrogens is 406 g/mol. The normalized spacial score (nSPS) is 11.6. The number of nitro groups is 1. The van der Waals surface area contributed by atoms with Gasteiger partial charge in [0.25, 0.3) is 17.5 Å². The third-order valence-corrected chi connectivity index (χ3v) is 3.96. The van der Waals surface area contributed by atoms with Gasteiger partial charge in [-0.1, -0.05) is 25.4 Å². The molecule has 1 aromatic carbocycles. The number of carbonyl (C=O) groups is 3.